The van der Waals surface area contributed by atoms with Gasteiger partial charge in [-0.05, 0) is 43.5 Å². The van der Waals surface area contributed by atoms with E-state index in [1.807, 2.05) is 49.4 Å². The number of nitrogens with one attached hydrogen (secondary N) is 1. The van der Waals surface area contributed by atoms with E-state index in [9.17, 15) is 4.79 Å². The van der Waals surface area contributed by atoms with Gasteiger partial charge in [-0.25, -0.2) is 4.98 Å². The third kappa shape index (κ3) is 6.56. The van der Waals surface area contributed by atoms with Crippen LogP contribution in [0.1, 0.15) is 37.6 Å². The molecular weight excluding hydrogens is 374 g/mol. The molecule has 0 aliphatic carbocycles. The first-order chi connectivity index (χ1) is 14.8. The van der Waals surface area contributed by atoms with Gasteiger partial charge in [-0.1, -0.05) is 48.9 Å². The van der Waals surface area contributed by atoms with E-state index in [2.05, 4.69) is 28.1 Å². The van der Waals surface area contributed by atoms with Crippen molar-refractivity contribution in [3.8, 4) is 0 Å². The van der Waals surface area contributed by atoms with Crippen LogP contribution in [0.5, 0.6) is 0 Å². The van der Waals surface area contributed by atoms with E-state index in [1.165, 1.54) is 5.52 Å². The summed E-state index contributed by atoms with van der Waals surface area (Å²) in [6.45, 7) is 4.97. The van der Waals surface area contributed by atoms with Gasteiger partial charge in [-0.15, -0.1) is 0 Å². The summed E-state index contributed by atoms with van der Waals surface area (Å²) >= 11 is 0. The molecular formula is C25H31N3O2. The topological polar surface area (TPSA) is 56.1 Å². The van der Waals surface area contributed by atoms with Gasteiger partial charge >= 0.3 is 0 Å². The highest BCUT2D eigenvalue weighted by Gasteiger charge is 2.10. The number of hydrogen-bond donors (Lipinski definition) is 1. The molecule has 0 radical (unpaired) electrons. The van der Waals surface area contributed by atoms with Crippen LogP contribution >= 0.6 is 0 Å². The van der Waals surface area contributed by atoms with Gasteiger partial charge < -0.3 is 14.6 Å². The van der Waals surface area contributed by atoms with E-state index >= 15 is 0 Å². The highest BCUT2D eigenvalue weighted by Crippen LogP contribution is 2.17. The Morgan fingerprint density at radius 2 is 1.87 bits per heavy atom. The lowest BCUT2D eigenvalue weighted by Gasteiger charge is -2.09. The van der Waals surface area contributed by atoms with Crippen LogP contribution in [-0.4, -0.2) is 35.2 Å². The summed E-state index contributed by atoms with van der Waals surface area (Å²) in [6.07, 6.45) is 7.43. The van der Waals surface area contributed by atoms with Crippen LogP contribution in [0.25, 0.3) is 17.1 Å². The molecule has 5 heteroatoms. The molecule has 0 saturated heterocycles. The van der Waals surface area contributed by atoms with Gasteiger partial charge in [0, 0.05) is 32.2 Å². The zero-order valence-corrected chi connectivity index (χ0v) is 17.7. The highest BCUT2D eigenvalue weighted by atomic mass is 16.5. The molecule has 0 fully saturated rings. The molecule has 0 unspecified atom stereocenters. The number of fused-ring (bicyclic) bond motifs is 1. The van der Waals surface area contributed by atoms with Crippen molar-refractivity contribution < 1.29 is 9.53 Å². The fraction of sp³-hybridized carbons (Fsp3) is 0.360. The Hall–Kier alpha value is -2.92. The second-order valence-corrected chi connectivity index (χ2v) is 7.21. The minimum absolute atomic E-state index is 0.0448. The minimum atomic E-state index is -0.0448. The van der Waals surface area contributed by atoms with Crippen LogP contribution in [0.15, 0.2) is 60.7 Å². The van der Waals surface area contributed by atoms with E-state index in [0.717, 1.165) is 55.7 Å². The van der Waals surface area contributed by atoms with Gasteiger partial charge in [0.15, 0.2) is 0 Å². The van der Waals surface area contributed by atoms with Gasteiger partial charge in [-0.3, -0.25) is 4.79 Å². The van der Waals surface area contributed by atoms with Crippen molar-refractivity contribution in [2.24, 2.45) is 0 Å². The smallest absolute Gasteiger partial charge is 0.243 e. The number of amides is 1. The van der Waals surface area contributed by atoms with Gasteiger partial charge in [0.25, 0.3) is 0 Å². The molecule has 0 aliphatic heterocycles. The fourth-order valence-corrected chi connectivity index (χ4v) is 3.46. The van der Waals surface area contributed by atoms with Crippen molar-refractivity contribution in [3.05, 3.63) is 72.1 Å². The maximum Gasteiger partial charge on any atom is 0.243 e. The number of benzene rings is 2. The lowest BCUT2D eigenvalue weighted by molar-refractivity contribution is -0.116. The first-order valence-corrected chi connectivity index (χ1v) is 10.8. The van der Waals surface area contributed by atoms with Crippen molar-refractivity contribution in [1.82, 2.24) is 14.9 Å². The molecule has 1 heterocycles. The average Bonchev–Trinajstić information content (AvgIpc) is 3.13. The summed E-state index contributed by atoms with van der Waals surface area (Å²) in [5.41, 5.74) is 3.24. The largest absolute Gasteiger partial charge is 0.380 e. The van der Waals surface area contributed by atoms with Crippen LogP contribution in [0.2, 0.25) is 0 Å². The number of unbranched alkanes of at least 4 members (excludes halogenated alkanes) is 2. The van der Waals surface area contributed by atoms with E-state index in [-0.39, 0.29) is 5.91 Å². The number of para-hydroxylation sites is 2. The number of rotatable bonds is 12. The Balaban J connectivity index is 1.41. The zero-order valence-electron chi connectivity index (χ0n) is 17.7. The lowest BCUT2D eigenvalue weighted by atomic mass is 10.2. The van der Waals surface area contributed by atoms with E-state index in [1.54, 1.807) is 6.08 Å². The highest BCUT2D eigenvalue weighted by molar-refractivity contribution is 5.91. The molecule has 0 saturated carbocycles. The van der Waals surface area contributed by atoms with Crippen LogP contribution in [0.3, 0.4) is 0 Å². The van der Waals surface area contributed by atoms with Crippen LogP contribution in [0.4, 0.5) is 0 Å². The van der Waals surface area contributed by atoms with Crippen molar-refractivity contribution in [2.75, 3.05) is 19.8 Å². The second kappa shape index (κ2) is 11.9. The van der Waals surface area contributed by atoms with Gasteiger partial charge in [0.2, 0.25) is 5.91 Å². The van der Waals surface area contributed by atoms with Crippen LogP contribution in [0, 0.1) is 0 Å². The quantitative estimate of drug-likeness (QED) is 0.353. The predicted molar refractivity (Wildman–Crippen MR) is 122 cm³/mol. The number of hydrogen-bond acceptors (Lipinski definition) is 3. The maximum atomic E-state index is 11.9. The first kappa shape index (κ1) is 21.8. The Labute approximate surface area is 178 Å². The Bertz CT molecular complexity index is 947. The molecule has 1 aromatic heterocycles. The summed E-state index contributed by atoms with van der Waals surface area (Å²) in [7, 11) is 0. The molecule has 0 spiro atoms. The number of ether oxygens (including phenoxy) is 1. The van der Waals surface area contributed by atoms with Crippen molar-refractivity contribution in [2.45, 2.75) is 39.2 Å². The molecule has 158 valence electrons. The molecule has 5 nitrogen and oxygen atoms in total. The van der Waals surface area contributed by atoms with Gasteiger partial charge in [-0.2, -0.15) is 0 Å². The third-order valence-corrected chi connectivity index (χ3v) is 5.00. The van der Waals surface area contributed by atoms with Crippen molar-refractivity contribution >= 4 is 23.0 Å². The van der Waals surface area contributed by atoms with E-state index < -0.39 is 0 Å². The summed E-state index contributed by atoms with van der Waals surface area (Å²) < 4.78 is 7.82. The summed E-state index contributed by atoms with van der Waals surface area (Å²) in [4.78, 5) is 16.7. The molecule has 30 heavy (non-hydrogen) atoms. The maximum absolute atomic E-state index is 11.9. The molecule has 3 rings (SSSR count). The van der Waals surface area contributed by atoms with Gasteiger partial charge in [0.1, 0.15) is 5.82 Å². The van der Waals surface area contributed by atoms with Crippen LogP contribution in [-0.2, 0) is 22.5 Å². The molecule has 0 atom stereocenters. The zero-order chi connectivity index (χ0) is 21.0. The summed E-state index contributed by atoms with van der Waals surface area (Å²) in [6, 6.07) is 18.1. The lowest BCUT2D eigenvalue weighted by Crippen LogP contribution is -2.22. The predicted octanol–water partition coefficient (Wildman–Crippen LogP) is 4.62. The molecule has 0 aliphatic rings. The number of carbonyl (C=O) groups is 1. The first-order valence-electron chi connectivity index (χ1n) is 10.8. The number of nitrogens with zero attached hydrogens (tertiary/aromatic N) is 2. The Morgan fingerprint density at radius 3 is 2.70 bits per heavy atom. The summed E-state index contributed by atoms with van der Waals surface area (Å²) in [5, 5.41) is 2.96. The number of imidazole rings is 1. The Morgan fingerprint density at radius 1 is 1.07 bits per heavy atom. The number of carbonyl (C=O) groups excluding carboxylic acids is 1. The summed E-state index contributed by atoms with van der Waals surface area (Å²) in [5.74, 6) is 1.07. The molecule has 1 amide bonds. The average molecular weight is 406 g/mol. The van der Waals surface area contributed by atoms with Crippen LogP contribution < -0.4 is 5.32 Å². The van der Waals surface area contributed by atoms with Gasteiger partial charge in [0.05, 0.1) is 17.6 Å². The number of aromatic nitrogens is 2. The normalized spacial score (nSPS) is 11.4. The Kier molecular flexibility index (Phi) is 8.66. The monoisotopic (exact) mass is 405 g/mol. The van der Waals surface area contributed by atoms with E-state index in [4.69, 9.17) is 9.72 Å². The molecule has 2 aromatic carbocycles. The fourth-order valence-electron chi connectivity index (χ4n) is 3.46. The molecule has 1 N–H and O–H groups in total. The second-order valence-electron chi connectivity index (χ2n) is 7.21. The van der Waals surface area contributed by atoms with Crippen molar-refractivity contribution in [3.63, 3.8) is 0 Å². The molecule has 0 bridgehead atoms. The van der Waals surface area contributed by atoms with E-state index in [0.29, 0.717) is 13.2 Å². The third-order valence-electron chi connectivity index (χ3n) is 5.00. The standard InChI is InChI=1S/C25H31N3O2/c1-2-30-20-19-28-23-14-9-8-13-22(23)27-24(28)15-7-4-10-18-26-25(29)17-16-21-11-5-3-6-12-21/h3,5-6,8-9,11-14,16-17H,2,4,7,10,15,18-20H2,1H3,(H,26,29)/b17-16+. The van der Waals surface area contributed by atoms with Crippen molar-refractivity contribution in [1.29, 1.82) is 0 Å². The minimum Gasteiger partial charge on any atom is -0.380 e. The SMILES string of the molecule is CCOCCn1c(CCCCCNC(=O)/C=C/c2ccccc2)nc2ccccc21. The molecule has 3 aromatic rings. The number of aryl methyl sites for hydroxylation is 1.